The van der Waals surface area contributed by atoms with Crippen LogP contribution in [0.5, 0.6) is 0 Å². The Hall–Kier alpha value is -1.10. The molecule has 1 rings (SSSR count). The summed E-state index contributed by atoms with van der Waals surface area (Å²) in [5, 5.41) is 18.8. The fourth-order valence-corrected chi connectivity index (χ4v) is 1.68. The molecule has 0 aliphatic carbocycles. The number of aliphatic hydroxyl groups is 2. The molecule has 90 valence electrons. The van der Waals surface area contributed by atoms with Crippen LogP contribution in [-0.4, -0.2) is 43.6 Å². The summed E-state index contributed by atoms with van der Waals surface area (Å²) < 4.78 is 4.87. The molecule has 0 amide bonds. The summed E-state index contributed by atoms with van der Waals surface area (Å²) in [7, 11) is 3.44. The first-order valence-electron chi connectivity index (χ1n) is 5.26. The van der Waals surface area contributed by atoms with Crippen molar-refractivity contribution in [2.45, 2.75) is 12.7 Å². The Labute approximate surface area is 96.1 Å². The molecule has 0 fully saturated rings. The highest BCUT2D eigenvalue weighted by atomic mass is 16.5. The van der Waals surface area contributed by atoms with E-state index in [-0.39, 0.29) is 6.61 Å². The van der Waals surface area contributed by atoms with E-state index in [1.54, 1.807) is 7.11 Å². The van der Waals surface area contributed by atoms with E-state index in [0.29, 0.717) is 13.2 Å². The minimum Gasteiger partial charge on any atom is -0.392 e. The van der Waals surface area contributed by atoms with Gasteiger partial charge in [0.15, 0.2) is 0 Å². The van der Waals surface area contributed by atoms with Crippen molar-refractivity contribution in [2.24, 2.45) is 0 Å². The van der Waals surface area contributed by atoms with Crippen molar-refractivity contribution in [1.29, 1.82) is 0 Å². The zero-order chi connectivity index (χ0) is 12.0. The number of ether oxygens (including phenoxy) is 1. The van der Waals surface area contributed by atoms with Crippen LogP contribution >= 0.6 is 0 Å². The number of hydrogen-bond acceptors (Lipinski definition) is 4. The maximum absolute atomic E-state index is 9.62. The molecule has 0 bridgehead atoms. The summed E-state index contributed by atoms with van der Waals surface area (Å²) >= 11 is 0. The van der Waals surface area contributed by atoms with Crippen LogP contribution in [0.3, 0.4) is 0 Å². The molecule has 2 N–H and O–H groups in total. The number of rotatable bonds is 6. The lowest BCUT2D eigenvalue weighted by molar-refractivity contribution is 0.0694. The average Bonchev–Trinajstić information content (AvgIpc) is 2.29. The maximum Gasteiger partial charge on any atom is 0.0947 e. The van der Waals surface area contributed by atoms with Gasteiger partial charge in [0.05, 0.1) is 19.3 Å². The quantitative estimate of drug-likeness (QED) is 0.745. The van der Waals surface area contributed by atoms with Crippen LogP contribution < -0.4 is 4.90 Å². The first kappa shape index (κ1) is 13.0. The predicted octanol–water partition coefficient (Wildman–Crippen LogP) is 0.622. The van der Waals surface area contributed by atoms with Crippen molar-refractivity contribution in [3.63, 3.8) is 0 Å². The molecule has 0 aliphatic heterocycles. The molecule has 1 aromatic carbocycles. The van der Waals surface area contributed by atoms with Gasteiger partial charge < -0.3 is 19.8 Å². The summed E-state index contributed by atoms with van der Waals surface area (Å²) in [6, 6.07) is 7.59. The second-order valence-electron chi connectivity index (χ2n) is 3.78. The van der Waals surface area contributed by atoms with E-state index in [4.69, 9.17) is 4.74 Å². The molecule has 0 saturated carbocycles. The highest BCUT2D eigenvalue weighted by molar-refractivity contribution is 5.52. The number of benzene rings is 1. The van der Waals surface area contributed by atoms with E-state index in [9.17, 15) is 10.2 Å². The van der Waals surface area contributed by atoms with Gasteiger partial charge in [0.25, 0.3) is 0 Å². The van der Waals surface area contributed by atoms with Crippen LogP contribution in [0, 0.1) is 0 Å². The Morgan fingerprint density at radius 2 is 2.06 bits per heavy atom. The van der Waals surface area contributed by atoms with E-state index in [1.807, 2.05) is 36.2 Å². The van der Waals surface area contributed by atoms with Crippen LogP contribution in [0.2, 0.25) is 0 Å². The van der Waals surface area contributed by atoms with Gasteiger partial charge in [-0.3, -0.25) is 0 Å². The highest BCUT2D eigenvalue weighted by Gasteiger charge is 2.10. The Morgan fingerprint density at radius 3 is 2.69 bits per heavy atom. The SMILES string of the molecule is COCC(O)CN(C)c1ccccc1CO. The van der Waals surface area contributed by atoms with E-state index < -0.39 is 6.10 Å². The van der Waals surface area contributed by atoms with Gasteiger partial charge in [-0.25, -0.2) is 0 Å². The minimum atomic E-state index is -0.526. The lowest BCUT2D eigenvalue weighted by Gasteiger charge is -2.24. The average molecular weight is 225 g/mol. The van der Waals surface area contributed by atoms with Gasteiger partial charge in [-0.15, -0.1) is 0 Å². The van der Waals surface area contributed by atoms with E-state index in [2.05, 4.69) is 0 Å². The number of para-hydroxylation sites is 1. The molecular weight excluding hydrogens is 206 g/mol. The van der Waals surface area contributed by atoms with Crippen molar-refractivity contribution >= 4 is 5.69 Å². The maximum atomic E-state index is 9.62. The monoisotopic (exact) mass is 225 g/mol. The first-order valence-corrected chi connectivity index (χ1v) is 5.26. The Morgan fingerprint density at radius 1 is 1.38 bits per heavy atom. The Bertz CT molecular complexity index is 317. The molecule has 0 spiro atoms. The fourth-order valence-electron chi connectivity index (χ4n) is 1.68. The van der Waals surface area contributed by atoms with Crippen LogP contribution in [0.25, 0.3) is 0 Å². The fraction of sp³-hybridized carbons (Fsp3) is 0.500. The van der Waals surface area contributed by atoms with Crippen molar-refractivity contribution in [3.05, 3.63) is 29.8 Å². The molecule has 0 aromatic heterocycles. The number of methoxy groups -OCH3 is 1. The molecule has 0 saturated heterocycles. The lowest BCUT2D eigenvalue weighted by atomic mass is 10.1. The third kappa shape index (κ3) is 3.48. The lowest BCUT2D eigenvalue weighted by Crippen LogP contribution is -2.32. The van der Waals surface area contributed by atoms with E-state index in [0.717, 1.165) is 11.3 Å². The summed E-state index contributed by atoms with van der Waals surface area (Å²) in [6.07, 6.45) is -0.526. The van der Waals surface area contributed by atoms with Crippen molar-refractivity contribution in [1.82, 2.24) is 0 Å². The summed E-state index contributed by atoms with van der Waals surface area (Å²) in [6.45, 7) is 0.789. The first-order chi connectivity index (χ1) is 7.69. The van der Waals surface area contributed by atoms with Gasteiger partial charge in [-0.05, 0) is 6.07 Å². The molecule has 1 aromatic rings. The zero-order valence-electron chi connectivity index (χ0n) is 9.76. The molecule has 0 aliphatic rings. The smallest absolute Gasteiger partial charge is 0.0947 e. The van der Waals surface area contributed by atoms with Crippen molar-refractivity contribution < 1.29 is 14.9 Å². The third-order valence-corrected chi connectivity index (χ3v) is 2.42. The van der Waals surface area contributed by atoms with Crippen LogP contribution in [0.1, 0.15) is 5.56 Å². The normalized spacial score (nSPS) is 12.5. The van der Waals surface area contributed by atoms with Crippen molar-refractivity contribution in [3.8, 4) is 0 Å². The second-order valence-corrected chi connectivity index (χ2v) is 3.78. The molecule has 0 heterocycles. The molecule has 4 nitrogen and oxygen atoms in total. The zero-order valence-corrected chi connectivity index (χ0v) is 9.76. The highest BCUT2D eigenvalue weighted by Crippen LogP contribution is 2.19. The standard InChI is InChI=1S/C12H19NO3/c1-13(7-11(15)9-16-2)12-6-4-3-5-10(12)8-14/h3-6,11,14-15H,7-9H2,1-2H3. The molecular formula is C12H19NO3. The molecule has 1 atom stereocenters. The van der Waals surface area contributed by atoms with E-state index >= 15 is 0 Å². The van der Waals surface area contributed by atoms with Gasteiger partial charge in [0.2, 0.25) is 0 Å². The number of hydrogen-bond donors (Lipinski definition) is 2. The van der Waals surface area contributed by atoms with Gasteiger partial charge in [0, 0.05) is 32.0 Å². The third-order valence-electron chi connectivity index (χ3n) is 2.42. The number of anilines is 1. The minimum absolute atomic E-state index is 0.000879. The summed E-state index contributed by atoms with van der Waals surface area (Å²) in [4.78, 5) is 1.91. The Balaban J connectivity index is 2.68. The largest absolute Gasteiger partial charge is 0.392 e. The summed E-state index contributed by atoms with van der Waals surface area (Å²) in [5.74, 6) is 0. The van der Waals surface area contributed by atoms with Gasteiger partial charge in [-0.1, -0.05) is 18.2 Å². The molecule has 1 unspecified atom stereocenters. The van der Waals surface area contributed by atoms with Gasteiger partial charge in [-0.2, -0.15) is 0 Å². The Kier molecular flexibility index (Phi) is 5.25. The predicted molar refractivity (Wildman–Crippen MR) is 63.5 cm³/mol. The topological polar surface area (TPSA) is 52.9 Å². The van der Waals surface area contributed by atoms with Gasteiger partial charge >= 0.3 is 0 Å². The number of nitrogens with zero attached hydrogens (tertiary/aromatic N) is 1. The van der Waals surface area contributed by atoms with Crippen LogP contribution in [0.15, 0.2) is 24.3 Å². The number of aliphatic hydroxyl groups excluding tert-OH is 2. The number of likely N-dealkylation sites (N-methyl/N-ethyl adjacent to an activating group) is 1. The second kappa shape index (κ2) is 6.48. The van der Waals surface area contributed by atoms with Crippen LogP contribution in [0.4, 0.5) is 5.69 Å². The van der Waals surface area contributed by atoms with Crippen molar-refractivity contribution in [2.75, 3.05) is 32.2 Å². The molecule has 0 radical (unpaired) electrons. The summed E-state index contributed by atoms with van der Waals surface area (Å²) in [5.41, 5.74) is 1.79. The molecule has 4 heteroatoms. The van der Waals surface area contributed by atoms with E-state index in [1.165, 1.54) is 0 Å². The molecule has 16 heavy (non-hydrogen) atoms. The van der Waals surface area contributed by atoms with Crippen LogP contribution in [-0.2, 0) is 11.3 Å². The van der Waals surface area contributed by atoms with Gasteiger partial charge in [0.1, 0.15) is 0 Å².